The van der Waals surface area contributed by atoms with E-state index in [0.29, 0.717) is 10.6 Å². The molecule has 0 bridgehead atoms. The van der Waals surface area contributed by atoms with Gasteiger partial charge in [-0.05, 0) is 24.6 Å². The van der Waals surface area contributed by atoms with Crippen LogP contribution >= 0.6 is 11.3 Å². The predicted molar refractivity (Wildman–Crippen MR) is 97.8 cm³/mol. The van der Waals surface area contributed by atoms with Gasteiger partial charge in [-0.15, -0.1) is 11.3 Å². The van der Waals surface area contributed by atoms with E-state index < -0.39 is 5.97 Å². The maximum Gasteiger partial charge on any atom is 0.347 e. The minimum absolute atomic E-state index is 0.304. The van der Waals surface area contributed by atoms with Crippen molar-refractivity contribution < 1.29 is 9.90 Å². The Kier molecular flexibility index (Phi) is 4.62. The summed E-state index contributed by atoms with van der Waals surface area (Å²) in [6.07, 6.45) is 0. The lowest BCUT2D eigenvalue weighted by Gasteiger charge is -2.19. The highest BCUT2D eigenvalue weighted by molar-refractivity contribution is 7.17. The molecule has 3 rings (SSSR count). The van der Waals surface area contributed by atoms with E-state index in [9.17, 15) is 4.79 Å². The number of para-hydroxylation sites is 1. The number of hydrogen-bond donors (Lipinski definition) is 1. The predicted octanol–water partition coefficient (Wildman–Crippen LogP) is 4.45. The summed E-state index contributed by atoms with van der Waals surface area (Å²) in [5.41, 5.74) is 3.87. The summed E-state index contributed by atoms with van der Waals surface area (Å²) in [5, 5.41) is 9.89. The van der Waals surface area contributed by atoms with Gasteiger partial charge in [-0.1, -0.05) is 42.5 Å². The van der Waals surface area contributed by atoms with E-state index >= 15 is 0 Å². The van der Waals surface area contributed by atoms with Gasteiger partial charge in [-0.3, -0.25) is 0 Å². The smallest absolute Gasteiger partial charge is 0.347 e. The number of carboxylic acid groups (broad SMARTS) is 1. The molecule has 2 aromatic carbocycles. The summed E-state index contributed by atoms with van der Waals surface area (Å²) in [6, 6.07) is 18.3. The fraction of sp³-hybridized carbons (Fsp3) is 0.158. The fourth-order valence-corrected chi connectivity index (χ4v) is 3.43. The molecule has 0 aliphatic carbocycles. The molecule has 0 fully saturated rings. The lowest BCUT2D eigenvalue weighted by atomic mass is 10.1. The number of nitrogens with zero attached hydrogens (tertiary/aromatic N) is 2. The average Bonchev–Trinajstić information content (AvgIpc) is 2.98. The van der Waals surface area contributed by atoms with Crippen molar-refractivity contribution in [3.63, 3.8) is 0 Å². The van der Waals surface area contributed by atoms with Crippen LogP contribution in [0.5, 0.6) is 0 Å². The highest BCUT2D eigenvalue weighted by Gasteiger charge is 2.15. The number of carboxylic acids is 1. The molecule has 0 aliphatic heterocycles. The third kappa shape index (κ3) is 3.46. The lowest BCUT2D eigenvalue weighted by molar-refractivity contribution is 0.0701. The summed E-state index contributed by atoms with van der Waals surface area (Å²) >= 11 is 1.22. The Balaban J connectivity index is 1.76. The zero-order chi connectivity index (χ0) is 17.1. The van der Waals surface area contributed by atoms with E-state index in [0.717, 1.165) is 17.1 Å². The van der Waals surface area contributed by atoms with Crippen LogP contribution in [0.15, 0.2) is 54.6 Å². The van der Waals surface area contributed by atoms with Crippen LogP contribution in [0.3, 0.4) is 0 Å². The minimum atomic E-state index is -0.919. The molecule has 0 saturated carbocycles. The maximum atomic E-state index is 11.1. The number of hydrogen-bond acceptors (Lipinski definition) is 4. The van der Waals surface area contributed by atoms with Crippen molar-refractivity contribution in [2.45, 2.75) is 13.5 Å². The molecule has 0 atom stereocenters. The van der Waals surface area contributed by atoms with Gasteiger partial charge in [0.1, 0.15) is 9.88 Å². The Morgan fingerprint density at radius 3 is 2.38 bits per heavy atom. The minimum Gasteiger partial charge on any atom is -0.477 e. The topological polar surface area (TPSA) is 53.4 Å². The van der Waals surface area contributed by atoms with Gasteiger partial charge in [-0.25, -0.2) is 9.78 Å². The van der Waals surface area contributed by atoms with Gasteiger partial charge in [0.05, 0.1) is 5.69 Å². The van der Waals surface area contributed by atoms with Gasteiger partial charge in [0, 0.05) is 24.8 Å². The fourth-order valence-electron chi connectivity index (χ4n) is 2.52. The zero-order valence-electron chi connectivity index (χ0n) is 13.6. The van der Waals surface area contributed by atoms with Crippen LogP contribution in [0.2, 0.25) is 0 Å². The molecule has 122 valence electrons. The molecule has 1 N–H and O–H groups in total. The second kappa shape index (κ2) is 6.84. The van der Waals surface area contributed by atoms with Crippen LogP contribution in [-0.2, 0) is 6.54 Å². The molecule has 5 heteroatoms. The Labute approximate surface area is 145 Å². The van der Waals surface area contributed by atoms with E-state index in [-0.39, 0.29) is 0 Å². The van der Waals surface area contributed by atoms with Gasteiger partial charge in [0.25, 0.3) is 0 Å². The van der Waals surface area contributed by atoms with Gasteiger partial charge in [0.2, 0.25) is 0 Å². The molecular formula is C19H18N2O2S. The van der Waals surface area contributed by atoms with Gasteiger partial charge < -0.3 is 10.0 Å². The number of anilines is 1. The van der Waals surface area contributed by atoms with Crippen LogP contribution in [-0.4, -0.2) is 23.1 Å². The second-order valence-corrected chi connectivity index (χ2v) is 6.63. The molecule has 0 aliphatic rings. The molecular weight excluding hydrogens is 320 g/mol. The molecule has 0 unspecified atom stereocenters. The zero-order valence-corrected chi connectivity index (χ0v) is 14.4. The van der Waals surface area contributed by atoms with Gasteiger partial charge >= 0.3 is 5.97 Å². The van der Waals surface area contributed by atoms with E-state index in [4.69, 9.17) is 5.11 Å². The lowest BCUT2D eigenvalue weighted by Crippen LogP contribution is -2.15. The summed E-state index contributed by atoms with van der Waals surface area (Å²) in [6.45, 7) is 2.54. The first-order valence-electron chi connectivity index (χ1n) is 7.61. The van der Waals surface area contributed by atoms with E-state index in [1.165, 1.54) is 22.6 Å². The molecule has 0 amide bonds. The van der Waals surface area contributed by atoms with Gasteiger partial charge in [0.15, 0.2) is 0 Å². The largest absolute Gasteiger partial charge is 0.477 e. The highest BCUT2D eigenvalue weighted by atomic mass is 32.1. The first-order valence-corrected chi connectivity index (χ1v) is 8.42. The Morgan fingerprint density at radius 1 is 1.12 bits per heavy atom. The number of rotatable bonds is 5. The number of benzene rings is 2. The maximum absolute atomic E-state index is 11.1. The van der Waals surface area contributed by atoms with Crippen LogP contribution in [0.4, 0.5) is 5.69 Å². The first kappa shape index (κ1) is 16.2. The molecule has 1 heterocycles. The molecule has 24 heavy (non-hydrogen) atoms. The van der Waals surface area contributed by atoms with Crippen molar-refractivity contribution in [2.24, 2.45) is 0 Å². The van der Waals surface area contributed by atoms with Crippen LogP contribution < -0.4 is 4.90 Å². The molecule has 4 nitrogen and oxygen atoms in total. The number of aryl methyl sites for hydroxylation is 1. The number of carbonyl (C=O) groups is 1. The van der Waals surface area contributed by atoms with Crippen LogP contribution in [0.25, 0.3) is 10.6 Å². The second-order valence-electron chi connectivity index (χ2n) is 5.63. The SMILES string of the molecule is Cc1nc(-c2ccc(CN(C)c3ccccc3)cc2)sc1C(=O)O. The number of aromatic carboxylic acids is 1. The summed E-state index contributed by atoms with van der Waals surface area (Å²) in [7, 11) is 2.06. The van der Waals surface area contributed by atoms with Crippen molar-refractivity contribution in [1.82, 2.24) is 4.98 Å². The number of thiazole rings is 1. The van der Waals surface area contributed by atoms with Gasteiger partial charge in [-0.2, -0.15) is 0 Å². The van der Waals surface area contributed by atoms with Crippen LogP contribution in [0.1, 0.15) is 20.9 Å². The average molecular weight is 338 g/mol. The van der Waals surface area contributed by atoms with E-state index in [1.54, 1.807) is 6.92 Å². The molecule has 1 aromatic heterocycles. The third-order valence-electron chi connectivity index (χ3n) is 3.81. The molecule has 3 aromatic rings. The third-order valence-corrected chi connectivity index (χ3v) is 5.00. The Hall–Kier alpha value is -2.66. The van der Waals surface area contributed by atoms with E-state index in [1.807, 2.05) is 30.3 Å². The van der Waals surface area contributed by atoms with Crippen molar-refractivity contribution in [1.29, 1.82) is 0 Å². The highest BCUT2D eigenvalue weighted by Crippen LogP contribution is 2.28. The van der Waals surface area contributed by atoms with Crippen molar-refractivity contribution in [2.75, 3.05) is 11.9 Å². The Morgan fingerprint density at radius 2 is 1.79 bits per heavy atom. The van der Waals surface area contributed by atoms with Crippen molar-refractivity contribution >= 4 is 23.0 Å². The summed E-state index contributed by atoms with van der Waals surface area (Å²) in [5.74, 6) is -0.919. The number of aromatic nitrogens is 1. The normalized spacial score (nSPS) is 10.6. The molecule has 0 spiro atoms. The molecule has 0 radical (unpaired) electrons. The monoisotopic (exact) mass is 338 g/mol. The standard InChI is InChI=1S/C19H18N2O2S/c1-13-17(19(22)23)24-18(20-13)15-10-8-14(9-11-15)12-21(2)16-6-4-3-5-7-16/h3-11H,12H2,1-2H3,(H,22,23). The van der Waals surface area contributed by atoms with Crippen molar-refractivity contribution in [3.8, 4) is 10.6 Å². The summed E-state index contributed by atoms with van der Waals surface area (Å²) in [4.78, 5) is 18.0. The Bertz CT molecular complexity index is 842. The first-order chi connectivity index (χ1) is 11.5. The molecule has 0 saturated heterocycles. The van der Waals surface area contributed by atoms with Crippen LogP contribution in [0, 0.1) is 6.92 Å². The summed E-state index contributed by atoms with van der Waals surface area (Å²) < 4.78 is 0. The van der Waals surface area contributed by atoms with E-state index in [2.05, 4.69) is 41.2 Å². The van der Waals surface area contributed by atoms with Crippen molar-refractivity contribution in [3.05, 3.63) is 70.7 Å². The quantitative estimate of drug-likeness (QED) is 0.746.